The summed E-state index contributed by atoms with van der Waals surface area (Å²) in [5, 5.41) is 7.60. The van der Waals surface area contributed by atoms with Gasteiger partial charge in [-0.3, -0.25) is 0 Å². The third kappa shape index (κ3) is 4.00. The zero-order chi connectivity index (χ0) is 11.5. The fourth-order valence-corrected chi connectivity index (χ4v) is 1.38. The van der Waals surface area contributed by atoms with Crippen molar-refractivity contribution >= 4 is 0 Å². The van der Waals surface area contributed by atoms with Crippen molar-refractivity contribution in [2.75, 3.05) is 6.54 Å². The van der Waals surface area contributed by atoms with Gasteiger partial charge in [-0.05, 0) is 19.3 Å². The van der Waals surface area contributed by atoms with Crippen molar-refractivity contribution < 1.29 is 0 Å². The van der Waals surface area contributed by atoms with E-state index in [0.717, 1.165) is 18.9 Å². The van der Waals surface area contributed by atoms with Crippen LogP contribution in [0.25, 0.3) is 0 Å². The van der Waals surface area contributed by atoms with Crippen molar-refractivity contribution in [2.45, 2.75) is 47.2 Å². The summed E-state index contributed by atoms with van der Waals surface area (Å²) in [6.45, 7) is 12.6. The molecule has 1 aromatic heterocycles. The van der Waals surface area contributed by atoms with Crippen LogP contribution in [0, 0.1) is 5.41 Å². The minimum absolute atomic E-state index is 0.308. The quantitative estimate of drug-likeness (QED) is 0.826. The molecule has 0 aliphatic heterocycles. The van der Waals surface area contributed by atoms with E-state index in [2.05, 4.69) is 50.0 Å². The highest BCUT2D eigenvalue weighted by molar-refractivity contribution is 4.86. The molecule has 1 heterocycles. The molecule has 0 bridgehead atoms. The number of nitrogens with zero attached hydrogens (tertiary/aromatic N) is 3. The summed E-state index contributed by atoms with van der Waals surface area (Å²) in [6.07, 6.45) is 1.62. The Balaban J connectivity index is 2.47. The number of nitrogens with one attached hydrogen (secondary N) is 1. The van der Waals surface area contributed by atoms with Crippen LogP contribution in [0.4, 0.5) is 0 Å². The van der Waals surface area contributed by atoms with E-state index in [4.69, 9.17) is 0 Å². The predicted octanol–water partition coefficient (Wildman–Crippen LogP) is 1.99. The summed E-state index contributed by atoms with van der Waals surface area (Å²) in [6, 6.07) is 0.374. The van der Waals surface area contributed by atoms with Crippen molar-refractivity contribution in [2.24, 2.45) is 5.41 Å². The topological polar surface area (TPSA) is 42.7 Å². The van der Waals surface area contributed by atoms with Gasteiger partial charge in [-0.1, -0.05) is 20.8 Å². The third-order valence-electron chi connectivity index (χ3n) is 2.07. The largest absolute Gasteiger partial charge is 0.309 e. The molecule has 1 N–H and O–H groups in total. The monoisotopic (exact) mass is 210 g/mol. The second kappa shape index (κ2) is 4.75. The van der Waals surface area contributed by atoms with Crippen molar-refractivity contribution in [1.82, 2.24) is 20.1 Å². The van der Waals surface area contributed by atoms with Crippen LogP contribution in [-0.4, -0.2) is 21.3 Å². The minimum atomic E-state index is 0.308. The molecule has 1 rings (SSSR count). The predicted molar refractivity (Wildman–Crippen MR) is 61.6 cm³/mol. The molecule has 0 saturated heterocycles. The maximum atomic E-state index is 4.25. The van der Waals surface area contributed by atoms with E-state index in [0.29, 0.717) is 11.5 Å². The molecular formula is C11H22N4. The third-order valence-corrected chi connectivity index (χ3v) is 2.07. The van der Waals surface area contributed by atoms with Gasteiger partial charge < -0.3 is 5.32 Å². The summed E-state index contributed by atoms with van der Waals surface area (Å²) in [5.41, 5.74) is 0.308. The molecular weight excluding hydrogens is 188 g/mol. The Hall–Kier alpha value is -0.900. The maximum absolute atomic E-state index is 4.25. The maximum Gasteiger partial charge on any atom is 0.141 e. The molecule has 15 heavy (non-hydrogen) atoms. The van der Waals surface area contributed by atoms with Gasteiger partial charge in [0.25, 0.3) is 0 Å². The van der Waals surface area contributed by atoms with Crippen molar-refractivity contribution in [1.29, 1.82) is 0 Å². The van der Waals surface area contributed by atoms with E-state index < -0.39 is 0 Å². The highest BCUT2D eigenvalue weighted by Gasteiger charge is 2.11. The molecule has 0 atom stereocenters. The lowest BCUT2D eigenvalue weighted by molar-refractivity contribution is 0.371. The Bertz CT molecular complexity index is 296. The van der Waals surface area contributed by atoms with Gasteiger partial charge in [0.05, 0.1) is 6.54 Å². The normalized spacial score (nSPS) is 12.4. The average Bonchev–Trinajstić information content (AvgIpc) is 2.49. The lowest BCUT2D eigenvalue weighted by Gasteiger charge is -2.19. The second-order valence-corrected chi connectivity index (χ2v) is 5.38. The lowest BCUT2D eigenvalue weighted by atomic mass is 9.97. The van der Waals surface area contributed by atoms with Crippen molar-refractivity contribution in [3.8, 4) is 0 Å². The van der Waals surface area contributed by atoms with Crippen LogP contribution in [0.5, 0.6) is 0 Å². The molecule has 0 fully saturated rings. The summed E-state index contributed by atoms with van der Waals surface area (Å²) in [4.78, 5) is 4.25. The molecule has 0 amide bonds. The van der Waals surface area contributed by atoms with Gasteiger partial charge in [-0.2, -0.15) is 5.10 Å². The minimum Gasteiger partial charge on any atom is -0.309 e. The van der Waals surface area contributed by atoms with Gasteiger partial charge >= 0.3 is 0 Å². The van der Waals surface area contributed by atoms with E-state index in [-0.39, 0.29) is 0 Å². The number of aromatic nitrogens is 3. The average molecular weight is 210 g/mol. The molecule has 0 unspecified atom stereocenters. The molecule has 0 saturated carbocycles. The first-order valence-corrected chi connectivity index (χ1v) is 5.49. The van der Waals surface area contributed by atoms with Gasteiger partial charge in [0.1, 0.15) is 12.2 Å². The summed E-state index contributed by atoms with van der Waals surface area (Å²) in [7, 11) is 0. The molecule has 0 aliphatic carbocycles. The van der Waals surface area contributed by atoms with Gasteiger partial charge in [-0.15, -0.1) is 0 Å². The van der Waals surface area contributed by atoms with Gasteiger partial charge in [0.15, 0.2) is 0 Å². The van der Waals surface area contributed by atoms with E-state index in [1.165, 1.54) is 0 Å². The number of hydrogen-bond acceptors (Lipinski definition) is 3. The van der Waals surface area contributed by atoms with Crippen LogP contribution in [0.15, 0.2) is 6.33 Å². The van der Waals surface area contributed by atoms with Crippen LogP contribution in [0.3, 0.4) is 0 Å². The summed E-state index contributed by atoms with van der Waals surface area (Å²) in [5.74, 6) is 1.01. The van der Waals surface area contributed by atoms with Crippen LogP contribution in [0.2, 0.25) is 0 Å². The Morgan fingerprint density at radius 3 is 2.60 bits per heavy atom. The van der Waals surface area contributed by atoms with Gasteiger partial charge in [-0.25, -0.2) is 9.67 Å². The van der Waals surface area contributed by atoms with Crippen LogP contribution in [-0.2, 0) is 6.54 Å². The number of rotatable bonds is 4. The molecule has 0 aliphatic rings. The van der Waals surface area contributed by atoms with E-state index >= 15 is 0 Å². The van der Waals surface area contributed by atoms with E-state index in [9.17, 15) is 0 Å². The smallest absolute Gasteiger partial charge is 0.141 e. The molecule has 86 valence electrons. The Morgan fingerprint density at radius 2 is 2.07 bits per heavy atom. The van der Waals surface area contributed by atoms with Crippen LogP contribution < -0.4 is 5.32 Å². The Kier molecular flexibility index (Phi) is 3.85. The fourth-order valence-electron chi connectivity index (χ4n) is 1.38. The lowest BCUT2D eigenvalue weighted by Crippen LogP contribution is -2.28. The first-order chi connectivity index (χ1) is 6.90. The fraction of sp³-hybridized carbons (Fsp3) is 0.818. The standard InChI is InChI=1S/C11H22N4/c1-9(2)15-10(13-8-14-15)6-12-7-11(3,4)5/h8-9,12H,6-7H2,1-5H3. The van der Waals surface area contributed by atoms with Crippen molar-refractivity contribution in [3.05, 3.63) is 12.2 Å². The zero-order valence-corrected chi connectivity index (χ0v) is 10.4. The van der Waals surface area contributed by atoms with Crippen LogP contribution >= 0.6 is 0 Å². The SMILES string of the molecule is CC(C)n1ncnc1CNCC(C)(C)C. The first kappa shape index (κ1) is 12.2. The highest BCUT2D eigenvalue weighted by atomic mass is 15.3. The molecule has 4 heteroatoms. The molecule has 0 spiro atoms. The van der Waals surface area contributed by atoms with E-state index in [1.54, 1.807) is 6.33 Å². The molecule has 1 aromatic rings. The Labute approximate surface area is 92.1 Å². The van der Waals surface area contributed by atoms with E-state index in [1.807, 2.05) is 4.68 Å². The van der Waals surface area contributed by atoms with Gasteiger partial charge in [0.2, 0.25) is 0 Å². The first-order valence-electron chi connectivity index (χ1n) is 5.49. The molecule has 0 radical (unpaired) electrons. The summed E-state index contributed by atoms with van der Waals surface area (Å²) >= 11 is 0. The van der Waals surface area contributed by atoms with Crippen LogP contribution in [0.1, 0.15) is 46.5 Å². The number of hydrogen-bond donors (Lipinski definition) is 1. The molecule has 4 nitrogen and oxygen atoms in total. The second-order valence-electron chi connectivity index (χ2n) is 5.38. The van der Waals surface area contributed by atoms with Gasteiger partial charge in [0, 0.05) is 12.6 Å². The zero-order valence-electron chi connectivity index (χ0n) is 10.4. The van der Waals surface area contributed by atoms with Crippen molar-refractivity contribution in [3.63, 3.8) is 0 Å². The summed E-state index contributed by atoms with van der Waals surface area (Å²) < 4.78 is 1.95. The Morgan fingerprint density at radius 1 is 1.40 bits per heavy atom. The molecule has 0 aromatic carbocycles. The highest BCUT2D eigenvalue weighted by Crippen LogP contribution is 2.11.